The number of carbonyl (C=O) groups is 2. The third-order valence-electron chi connectivity index (χ3n) is 3.27. The molecule has 0 fully saturated rings. The highest BCUT2D eigenvalue weighted by Crippen LogP contribution is 2.12. The second kappa shape index (κ2) is 7.93. The Balaban J connectivity index is 1.89. The van der Waals surface area contributed by atoms with Crippen molar-refractivity contribution in [2.75, 3.05) is 6.61 Å². The summed E-state index contributed by atoms with van der Waals surface area (Å²) in [5, 5.41) is 0. The number of rotatable bonds is 7. The number of hydrogen-bond acceptors (Lipinski definition) is 3. The Hall–Kier alpha value is -2.68. The highest BCUT2D eigenvalue weighted by Gasteiger charge is 2.08. The molecule has 3 nitrogen and oxygen atoms in total. The van der Waals surface area contributed by atoms with Crippen molar-refractivity contribution in [3.05, 3.63) is 83.9 Å². The summed E-state index contributed by atoms with van der Waals surface area (Å²) in [5.41, 5.74) is 2.47. The van der Waals surface area contributed by atoms with Crippen LogP contribution in [0.3, 0.4) is 0 Å². The van der Waals surface area contributed by atoms with E-state index < -0.39 is 5.97 Å². The molecule has 0 bridgehead atoms. The van der Waals surface area contributed by atoms with Crippen LogP contribution in [0.15, 0.2) is 67.3 Å². The summed E-state index contributed by atoms with van der Waals surface area (Å²) in [6.07, 6.45) is 2.69. The van der Waals surface area contributed by atoms with Crippen molar-refractivity contribution in [2.24, 2.45) is 0 Å². The van der Waals surface area contributed by atoms with Crippen LogP contribution in [0.2, 0.25) is 0 Å². The van der Waals surface area contributed by atoms with Gasteiger partial charge in [-0.25, -0.2) is 4.79 Å². The van der Waals surface area contributed by atoms with E-state index >= 15 is 0 Å². The van der Waals surface area contributed by atoms with Gasteiger partial charge in [0.25, 0.3) is 0 Å². The van der Waals surface area contributed by atoms with Crippen molar-refractivity contribution in [1.29, 1.82) is 0 Å². The smallest absolute Gasteiger partial charge is 0.330 e. The van der Waals surface area contributed by atoms with Gasteiger partial charge in [-0.3, -0.25) is 4.79 Å². The van der Waals surface area contributed by atoms with Gasteiger partial charge in [0, 0.05) is 17.2 Å². The standard InChI is InChI=1S/C19H18O3/c1-2-18(20)22-14-6-7-15-10-12-17(13-11-15)19(21)16-8-4-3-5-9-16/h2-5,8-13H,1,6-7,14H2. The molecule has 0 aliphatic rings. The Morgan fingerprint density at radius 1 is 0.955 bits per heavy atom. The molecule has 22 heavy (non-hydrogen) atoms. The normalized spacial score (nSPS) is 10.0. The quantitative estimate of drug-likeness (QED) is 0.339. The summed E-state index contributed by atoms with van der Waals surface area (Å²) in [6.45, 7) is 3.71. The molecule has 0 heterocycles. The summed E-state index contributed by atoms with van der Waals surface area (Å²) in [4.78, 5) is 23.2. The van der Waals surface area contributed by atoms with Gasteiger partial charge in [0.1, 0.15) is 0 Å². The third kappa shape index (κ3) is 4.42. The van der Waals surface area contributed by atoms with Gasteiger partial charge in [0.2, 0.25) is 0 Å². The fourth-order valence-electron chi connectivity index (χ4n) is 2.09. The summed E-state index contributed by atoms with van der Waals surface area (Å²) in [6, 6.07) is 16.8. The number of hydrogen-bond donors (Lipinski definition) is 0. The number of ether oxygens (including phenoxy) is 1. The van der Waals surface area contributed by atoms with E-state index in [-0.39, 0.29) is 5.78 Å². The highest BCUT2D eigenvalue weighted by atomic mass is 16.5. The molecular weight excluding hydrogens is 276 g/mol. The van der Waals surface area contributed by atoms with Crippen LogP contribution in [0.1, 0.15) is 27.9 Å². The molecule has 0 aliphatic heterocycles. The molecule has 0 saturated heterocycles. The van der Waals surface area contributed by atoms with Crippen LogP contribution in [-0.2, 0) is 16.0 Å². The van der Waals surface area contributed by atoms with Gasteiger partial charge in [-0.15, -0.1) is 0 Å². The second-order valence-corrected chi connectivity index (χ2v) is 4.87. The highest BCUT2D eigenvalue weighted by molar-refractivity contribution is 6.08. The van der Waals surface area contributed by atoms with E-state index in [2.05, 4.69) is 6.58 Å². The number of carbonyl (C=O) groups excluding carboxylic acids is 2. The summed E-state index contributed by atoms with van der Waals surface area (Å²) >= 11 is 0. The fourth-order valence-corrected chi connectivity index (χ4v) is 2.09. The molecule has 0 atom stereocenters. The zero-order valence-electron chi connectivity index (χ0n) is 12.3. The van der Waals surface area contributed by atoms with Gasteiger partial charge in [0.05, 0.1) is 6.61 Å². The predicted octanol–water partition coefficient (Wildman–Crippen LogP) is 3.58. The molecule has 0 saturated carbocycles. The zero-order valence-corrected chi connectivity index (χ0v) is 12.3. The fraction of sp³-hybridized carbons (Fsp3) is 0.158. The average Bonchev–Trinajstić information content (AvgIpc) is 2.59. The van der Waals surface area contributed by atoms with E-state index in [0.29, 0.717) is 17.7 Å². The Kier molecular flexibility index (Phi) is 5.66. The van der Waals surface area contributed by atoms with Gasteiger partial charge in [-0.05, 0) is 18.4 Å². The number of ketones is 1. The molecule has 0 radical (unpaired) electrons. The van der Waals surface area contributed by atoms with Crippen LogP contribution in [-0.4, -0.2) is 18.4 Å². The topological polar surface area (TPSA) is 43.4 Å². The monoisotopic (exact) mass is 294 g/mol. The number of aryl methyl sites for hydroxylation is 1. The van der Waals surface area contributed by atoms with Crippen molar-refractivity contribution in [2.45, 2.75) is 12.8 Å². The van der Waals surface area contributed by atoms with Crippen molar-refractivity contribution < 1.29 is 14.3 Å². The van der Waals surface area contributed by atoms with E-state index in [0.717, 1.165) is 24.5 Å². The molecule has 0 N–H and O–H groups in total. The first-order valence-corrected chi connectivity index (χ1v) is 7.18. The largest absolute Gasteiger partial charge is 0.463 e. The molecule has 2 aromatic carbocycles. The lowest BCUT2D eigenvalue weighted by atomic mass is 10.0. The molecule has 0 amide bonds. The molecular formula is C19H18O3. The lowest BCUT2D eigenvalue weighted by Gasteiger charge is -2.05. The van der Waals surface area contributed by atoms with E-state index in [4.69, 9.17) is 4.74 Å². The maximum atomic E-state index is 12.3. The maximum Gasteiger partial charge on any atom is 0.330 e. The molecule has 2 aromatic rings. The second-order valence-electron chi connectivity index (χ2n) is 4.87. The minimum Gasteiger partial charge on any atom is -0.463 e. The first-order valence-electron chi connectivity index (χ1n) is 7.18. The van der Waals surface area contributed by atoms with Crippen LogP contribution in [0, 0.1) is 0 Å². The molecule has 112 valence electrons. The third-order valence-corrected chi connectivity index (χ3v) is 3.27. The van der Waals surface area contributed by atoms with Gasteiger partial charge in [-0.2, -0.15) is 0 Å². The minimum atomic E-state index is -0.399. The van der Waals surface area contributed by atoms with Crippen LogP contribution in [0.5, 0.6) is 0 Å². The zero-order chi connectivity index (χ0) is 15.8. The average molecular weight is 294 g/mol. The predicted molar refractivity (Wildman–Crippen MR) is 85.8 cm³/mol. The lowest BCUT2D eigenvalue weighted by Crippen LogP contribution is -2.03. The minimum absolute atomic E-state index is 0.0204. The molecule has 3 heteroatoms. The summed E-state index contributed by atoms with van der Waals surface area (Å²) < 4.78 is 4.92. The van der Waals surface area contributed by atoms with E-state index in [1.807, 2.05) is 54.6 Å². The van der Waals surface area contributed by atoms with Crippen LogP contribution < -0.4 is 0 Å². The van der Waals surface area contributed by atoms with E-state index in [1.54, 1.807) is 0 Å². The van der Waals surface area contributed by atoms with Crippen molar-refractivity contribution >= 4 is 11.8 Å². The van der Waals surface area contributed by atoms with Gasteiger partial charge in [-0.1, -0.05) is 61.2 Å². The maximum absolute atomic E-state index is 12.3. The molecule has 0 aliphatic carbocycles. The Labute approximate surface area is 130 Å². The Morgan fingerprint density at radius 2 is 1.59 bits per heavy atom. The Morgan fingerprint density at radius 3 is 2.23 bits per heavy atom. The molecule has 0 aromatic heterocycles. The number of benzene rings is 2. The van der Waals surface area contributed by atoms with E-state index in [9.17, 15) is 9.59 Å². The van der Waals surface area contributed by atoms with Crippen LogP contribution in [0.25, 0.3) is 0 Å². The van der Waals surface area contributed by atoms with Gasteiger partial charge in [0.15, 0.2) is 5.78 Å². The van der Waals surface area contributed by atoms with Crippen molar-refractivity contribution in [3.63, 3.8) is 0 Å². The molecule has 2 rings (SSSR count). The van der Waals surface area contributed by atoms with Gasteiger partial charge < -0.3 is 4.74 Å². The number of esters is 1. The molecule has 0 unspecified atom stereocenters. The van der Waals surface area contributed by atoms with E-state index in [1.165, 1.54) is 0 Å². The van der Waals surface area contributed by atoms with Crippen molar-refractivity contribution in [3.8, 4) is 0 Å². The SMILES string of the molecule is C=CC(=O)OCCCc1ccc(C(=O)c2ccccc2)cc1. The summed E-state index contributed by atoms with van der Waals surface area (Å²) in [7, 11) is 0. The first kappa shape index (κ1) is 15.7. The first-order chi connectivity index (χ1) is 10.7. The Bertz CT molecular complexity index is 642. The van der Waals surface area contributed by atoms with Gasteiger partial charge >= 0.3 is 5.97 Å². The van der Waals surface area contributed by atoms with Crippen molar-refractivity contribution in [1.82, 2.24) is 0 Å². The van der Waals surface area contributed by atoms with Crippen LogP contribution >= 0.6 is 0 Å². The summed E-state index contributed by atoms with van der Waals surface area (Å²) in [5.74, 6) is -0.379. The lowest BCUT2D eigenvalue weighted by molar-refractivity contribution is -0.137. The van der Waals surface area contributed by atoms with Crippen LogP contribution in [0.4, 0.5) is 0 Å². The molecule has 0 spiro atoms.